The fourth-order valence-corrected chi connectivity index (χ4v) is 2.47. The largest absolute Gasteiger partial charge is 0.409 e. The zero-order valence-electron chi connectivity index (χ0n) is 11.0. The molecule has 1 aromatic carbocycles. The number of anilines is 1. The number of nitrogens with two attached hydrogens (primary N) is 1. The van der Waals surface area contributed by atoms with Crippen LogP contribution < -0.4 is 10.6 Å². The summed E-state index contributed by atoms with van der Waals surface area (Å²) in [6.07, 6.45) is 2.11. The fraction of sp³-hybridized carbons (Fsp3) is 0.462. The van der Waals surface area contributed by atoms with Crippen LogP contribution in [0.3, 0.4) is 0 Å². The van der Waals surface area contributed by atoms with Crippen LogP contribution in [-0.4, -0.2) is 24.1 Å². The molecule has 0 unspecified atom stereocenters. The molecule has 0 radical (unpaired) electrons. The first kappa shape index (κ1) is 14.8. The Morgan fingerprint density at radius 3 is 2.56 bits per heavy atom. The number of rotatable bonds is 5. The van der Waals surface area contributed by atoms with Crippen LogP contribution in [0.15, 0.2) is 27.8 Å². The van der Waals surface area contributed by atoms with Gasteiger partial charge in [-0.25, -0.2) is 0 Å². The Bertz CT molecular complexity index is 430. The van der Waals surface area contributed by atoms with Crippen molar-refractivity contribution in [2.24, 2.45) is 10.9 Å². The highest BCUT2D eigenvalue weighted by molar-refractivity contribution is 9.10. The molecule has 0 aromatic heterocycles. The van der Waals surface area contributed by atoms with E-state index in [4.69, 9.17) is 10.9 Å². The second-order valence-corrected chi connectivity index (χ2v) is 5.14. The average molecular weight is 314 g/mol. The van der Waals surface area contributed by atoms with Crippen molar-refractivity contribution >= 4 is 27.5 Å². The highest BCUT2D eigenvalue weighted by Gasteiger charge is 2.16. The van der Waals surface area contributed by atoms with Crippen LogP contribution in [0.4, 0.5) is 5.69 Å². The highest BCUT2D eigenvalue weighted by Crippen LogP contribution is 2.26. The number of nitrogens with zero attached hydrogens (tertiary/aromatic N) is 2. The van der Waals surface area contributed by atoms with Crippen LogP contribution in [0, 0.1) is 0 Å². The summed E-state index contributed by atoms with van der Waals surface area (Å²) in [5, 5.41) is 12.0. The van der Waals surface area contributed by atoms with Crippen molar-refractivity contribution in [3.05, 3.63) is 28.2 Å². The third kappa shape index (κ3) is 3.16. The normalized spacial score (nSPS) is 11.9. The van der Waals surface area contributed by atoms with Crippen LogP contribution in [0.1, 0.15) is 32.3 Å². The summed E-state index contributed by atoms with van der Waals surface area (Å²) in [6.45, 7) is 4.32. The van der Waals surface area contributed by atoms with E-state index in [9.17, 15) is 0 Å². The van der Waals surface area contributed by atoms with E-state index in [2.05, 4.69) is 39.8 Å². The van der Waals surface area contributed by atoms with Gasteiger partial charge in [-0.15, -0.1) is 0 Å². The molecule has 0 atom stereocenters. The van der Waals surface area contributed by atoms with Crippen LogP contribution >= 0.6 is 15.9 Å². The Hall–Kier alpha value is -1.23. The molecule has 1 rings (SSSR count). The second-order valence-electron chi connectivity index (χ2n) is 4.23. The lowest BCUT2D eigenvalue weighted by Crippen LogP contribution is -2.32. The molecule has 100 valence electrons. The van der Waals surface area contributed by atoms with E-state index in [1.54, 1.807) is 0 Å². The SMILES string of the molecule is CCC(CC)N(C)c1ccc(Br)cc1/C(N)=N/O. The lowest BCUT2D eigenvalue weighted by atomic mass is 10.1. The van der Waals surface area contributed by atoms with Gasteiger partial charge in [0, 0.05) is 28.8 Å². The van der Waals surface area contributed by atoms with E-state index >= 15 is 0 Å². The Kier molecular flexibility index (Phi) is 5.47. The molecule has 0 saturated heterocycles. The number of halogens is 1. The van der Waals surface area contributed by atoms with E-state index in [1.165, 1.54) is 0 Å². The smallest absolute Gasteiger partial charge is 0.172 e. The lowest BCUT2D eigenvalue weighted by Gasteiger charge is -2.30. The molecule has 1 aromatic rings. The topological polar surface area (TPSA) is 61.8 Å². The van der Waals surface area contributed by atoms with Crippen molar-refractivity contribution in [2.45, 2.75) is 32.7 Å². The fourth-order valence-electron chi connectivity index (χ4n) is 2.11. The van der Waals surface area contributed by atoms with Crippen LogP contribution in [0.5, 0.6) is 0 Å². The molecule has 0 bridgehead atoms. The van der Waals surface area contributed by atoms with Gasteiger partial charge in [-0.2, -0.15) is 0 Å². The average Bonchev–Trinajstić information content (AvgIpc) is 2.38. The van der Waals surface area contributed by atoms with Gasteiger partial charge in [-0.1, -0.05) is 34.9 Å². The zero-order chi connectivity index (χ0) is 13.7. The molecular formula is C13H20BrN3O. The first-order chi connectivity index (χ1) is 8.54. The second kappa shape index (κ2) is 6.64. The van der Waals surface area contributed by atoms with Gasteiger partial charge in [-0.05, 0) is 31.0 Å². The van der Waals surface area contributed by atoms with Crippen LogP contribution in [0.25, 0.3) is 0 Å². The third-order valence-electron chi connectivity index (χ3n) is 3.21. The summed E-state index contributed by atoms with van der Waals surface area (Å²) < 4.78 is 0.908. The van der Waals surface area contributed by atoms with Crippen molar-refractivity contribution < 1.29 is 5.21 Å². The van der Waals surface area contributed by atoms with Gasteiger partial charge in [-0.3, -0.25) is 0 Å². The van der Waals surface area contributed by atoms with Crippen molar-refractivity contribution in [3.8, 4) is 0 Å². The van der Waals surface area contributed by atoms with Gasteiger partial charge >= 0.3 is 0 Å². The van der Waals surface area contributed by atoms with Gasteiger partial charge in [0.2, 0.25) is 0 Å². The molecule has 0 aliphatic heterocycles. The van der Waals surface area contributed by atoms with Gasteiger partial charge < -0.3 is 15.8 Å². The van der Waals surface area contributed by atoms with Gasteiger partial charge in [0.15, 0.2) is 5.84 Å². The Morgan fingerprint density at radius 2 is 2.06 bits per heavy atom. The maximum atomic E-state index is 8.87. The molecule has 0 fully saturated rings. The maximum Gasteiger partial charge on any atom is 0.172 e. The number of hydrogen-bond donors (Lipinski definition) is 2. The van der Waals surface area contributed by atoms with E-state index in [0.717, 1.165) is 28.6 Å². The molecule has 0 saturated carbocycles. The molecule has 18 heavy (non-hydrogen) atoms. The minimum atomic E-state index is 0.129. The van der Waals surface area contributed by atoms with E-state index < -0.39 is 0 Å². The summed E-state index contributed by atoms with van der Waals surface area (Å²) in [6, 6.07) is 6.25. The summed E-state index contributed by atoms with van der Waals surface area (Å²) in [7, 11) is 2.04. The summed E-state index contributed by atoms with van der Waals surface area (Å²) in [5.41, 5.74) is 7.45. The minimum absolute atomic E-state index is 0.129. The van der Waals surface area contributed by atoms with Crippen molar-refractivity contribution in [2.75, 3.05) is 11.9 Å². The number of amidine groups is 1. The van der Waals surface area contributed by atoms with Gasteiger partial charge in [0.1, 0.15) is 0 Å². The van der Waals surface area contributed by atoms with Crippen molar-refractivity contribution in [1.82, 2.24) is 0 Å². The predicted octanol–water partition coefficient (Wildman–Crippen LogP) is 3.17. The van der Waals surface area contributed by atoms with Crippen LogP contribution in [-0.2, 0) is 0 Å². The molecule has 4 nitrogen and oxygen atoms in total. The first-order valence-corrected chi connectivity index (χ1v) is 6.84. The molecule has 0 aliphatic rings. The third-order valence-corrected chi connectivity index (χ3v) is 3.71. The molecular weight excluding hydrogens is 294 g/mol. The monoisotopic (exact) mass is 313 g/mol. The molecule has 0 spiro atoms. The Labute approximate surface area is 117 Å². The van der Waals surface area contributed by atoms with Gasteiger partial charge in [0.25, 0.3) is 0 Å². The first-order valence-electron chi connectivity index (χ1n) is 6.05. The molecule has 0 heterocycles. The predicted molar refractivity (Wildman–Crippen MR) is 79.4 cm³/mol. The standard InChI is InChI=1S/C13H20BrN3O/c1-4-10(5-2)17(3)12-7-6-9(14)8-11(12)13(15)16-18/h6-8,10,18H,4-5H2,1-3H3,(H2,15,16). The minimum Gasteiger partial charge on any atom is -0.409 e. The van der Waals surface area contributed by atoms with Gasteiger partial charge in [0.05, 0.1) is 0 Å². The number of oxime groups is 1. The zero-order valence-corrected chi connectivity index (χ0v) is 12.6. The van der Waals surface area contributed by atoms with E-state index in [0.29, 0.717) is 6.04 Å². The lowest BCUT2D eigenvalue weighted by molar-refractivity contribution is 0.318. The van der Waals surface area contributed by atoms with Crippen LogP contribution in [0.2, 0.25) is 0 Å². The van der Waals surface area contributed by atoms with Crippen molar-refractivity contribution in [3.63, 3.8) is 0 Å². The molecule has 5 heteroatoms. The molecule has 0 aliphatic carbocycles. The summed E-state index contributed by atoms with van der Waals surface area (Å²) in [4.78, 5) is 2.18. The summed E-state index contributed by atoms with van der Waals surface area (Å²) in [5.74, 6) is 0.129. The number of hydrogen-bond acceptors (Lipinski definition) is 3. The number of benzene rings is 1. The van der Waals surface area contributed by atoms with Crippen molar-refractivity contribution in [1.29, 1.82) is 0 Å². The van der Waals surface area contributed by atoms with E-state index in [-0.39, 0.29) is 5.84 Å². The molecule has 3 N–H and O–H groups in total. The Morgan fingerprint density at radius 1 is 1.44 bits per heavy atom. The maximum absolute atomic E-state index is 8.87. The molecule has 0 amide bonds. The van der Waals surface area contributed by atoms with E-state index in [1.807, 2.05) is 25.2 Å². The Balaban J connectivity index is 3.23. The summed E-state index contributed by atoms with van der Waals surface area (Å²) >= 11 is 3.40. The highest BCUT2D eigenvalue weighted by atomic mass is 79.9. The quantitative estimate of drug-likeness (QED) is 0.380.